The van der Waals surface area contributed by atoms with Crippen molar-refractivity contribution in [1.82, 2.24) is 0 Å². The summed E-state index contributed by atoms with van der Waals surface area (Å²) >= 11 is 0. The molecule has 14 heavy (non-hydrogen) atoms. The fraction of sp³-hybridized carbons (Fsp3) is 0.917. The third-order valence-electron chi connectivity index (χ3n) is 3.94. The van der Waals surface area contributed by atoms with Gasteiger partial charge in [0, 0.05) is 0 Å². The van der Waals surface area contributed by atoms with Gasteiger partial charge in [0.05, 0.1) is 6.42 Å². The van der Waals surface area contributed by atoms with Crippen LogP contribution in [0.1, 0.15) is 46.0 Å². The van der Waals surface area contributed by atoms with Crippen LogP contribution in [0.5, 0.6) is 0 Å². The van der Waals surface area contributed by atoms with Crippen LogP contribution in [0.15, 0.2) is 0 Å². The first-order chi connectivity index (χ1) is 6.66. The molecule has 1 aliphatic heterocycles. The zero-order valence-corrected chi connectivity index (χ0v) is 9.16. The van der Waals surface area contributed by atoms with E-state index in [0.29, 0.717) is 12.3 Å². The lowest BCUT2D eigenvalue weighted by molar-refractivity contribution is -0.176. The van der Waals surface area contributed by atoms with Crippen LogP contribution in [0, 0.1) is 17.8 Å². The van der Waals surface area contributed by atoms with Gasteiger partial charge in [0.1, 0.15) is 6.10 Å². The summed E-state index contributed by atoms with van der Waals surface area (Å²) < 4.78 is 5.14. The van der Waals surface area contributed by atoms with Crippen molar-refractivity contribution in [3.8, 4) is 0 Å². The maximum Gasteiger partial charge on any atom is 0.309 e. The van der Waals surface area contributed by atoms with Crippen molar-refractivity contribution < 1.29 is 9.53 Å². The molecule has 80 valence electrons. The molecule has 2 heteroatoms. The third kappa shape index (κ3) is 1.94. The summed E-state index contributed by atoms with van der Waals surface area (Å²) in [6.45, 7) is 4.63. The quantitative estimate of drug-likeness (QED) is 0.635. The van der Waals surface area contributed by atoms with Crippen molar-refractivity contribution in [2.24, 2.45) is 17.8 Å². The highest BCUT2D eigenvalue weighted by Gasteiger charge is 2.37. The standard InChI is InChI=1S/C12H20O2/c1-8(2)9-3-5-10(6-4-9)11-7-12(13)14-11/h8-11H,3-7H2,1-2H3. The molecule has 0 aromatic carbocycles. The first-order valence-corrected chi connectivity index (χ1v) is 5.86. The van der Waals surface area contributed by atoms with Gasteiger partial charge in [-0.15, -0.1) is 0 Å². The maximum atomic E-state index is 10.7. The number of carbonyl (C=O) groups excluding carboxylic acids is 1. The lowest BCUT2D eigenvalue weighted by Crippen LogP contribution is -2.40. The van der Waals surface area contributed by atoms with Crippen LogP contribution in [-0.2, 0) is 9.53 Å². The summed E-state index contributed by atoms with van der Waals surface area (Å²) in [5, 5.41) is 0. The highest BCUT2D eigenvalue weighted by Crippen LogP contribution is 2.38. The van der Waals surface area contributed by atoms with Gasteiger partial charge in [-0.2, -0.15) is 0 Å². The van der Waals surface area contributed by atoms with Crippen molar-refractivity contribution >= 4 is 5.97 Å². The first-order valence-electron chi connectivity index (χ1n) is 5.86. The van der Waals surface area contributed by atoms with Crippen LogP contribution < -0.4 is 0 Å². The normalized spacial score (nSPS) is 37.9. The number of esters is 1. The molecule has 1 saturated heterocycles. The van der Waals surface area contributed by atoms with E-state index in [9.17, 15) is 4.79 Å². The van der Waals surface area contributed by atoms with E-state index in [2.05, 4.69) is 13.8 Å². The van der Waals surface area contributed by atoms with Crippen LogP contribution in [0.3, 0.4) is 0 Å². The van der Waals surface area contributed by atoms with Crippen molar-refractivity contribution in [2.75, 3.05) is 0 Å². The molecule has 1 unspecified atom stereocenters. The summed E-state index contributed by atoms with van der Waals surface area (Å²) in [6.07, 6.45) is 6.14. The number of ether oxygens (including phenoxy) is 1. The lowest BCUT2D eigenvalue weighted by atomic mass is 9.74. The van der Waals surface area contributed by atoms with Crippen LogP contribution in [-0.4, -0.2) is 12.1 Å². The SMILES string of the molecule is CC(C)C1CCC(C2CC(=O)O2)CC1. The second kappa shape index (κ2) is 3.92. The Balaban J connectivity index is 1.76. The Kier molecular flexibility index (Phi) is 2.80. The molecule has 1 aliphatic carbocycles. The molecule has 1 saturated carbocycles. The van der Waals surface area contributed by atoms with Gasteiger partial charge < -0.3 is 4.74 Å². The van der Waals surface area contributed by atoms with Crippen LogP contribution in [0.2, 0.25) is 0 Å². The zero-order chi connectivity index (χ0) is 10.1. The van der Waals surface area contributed by atoms with Gasteiger partial charge >= 0.3 is 5.97 Å². The Labute approximate surface area is 86.0 Å². The fourth-order valence-corrected chi connectivity index (χ4v) is 2.77. The molecular weight excluding hydrogens is 176 g/mol. The Morgan fingerprint density at radius 1 is 1.21 bits per heavy atom. The van der Waals surface area contributed by atoms with Crippen LogP contribution in [0.25, 0.3) is 0 Å². The summed E-state index contributed by atoms with van der Waals surface area (Å²) in [7, 11) is 0. The molecule has 0 aromatic rings. The van der Waals surface area contributed by atoms with Gasteiger partial charge in [-0.3, -0.25) is 4.79 Å². The molecule has 0 radical (unpaired) electrons. The minimum absolute atomic E-state index is 0.000910. The Hall–Kier alpha value is -0.530. The number of carbonyl (C=O) groups is 1. The molecule has 0 amide bonds. The van der Waals surface area contributed by atoms with Gasteiger partial charge in [0.25, 0.3) is 0 Å². The highest BCUT2D eigenvalue weighted by atomic mass is 16.6. The van der Waals surface area contributed by atoms with Crippen LogP contribution in [0.4, 0.5) is 0 Å². The smallest absolute Gasteiger partial charge is 0.309 e. The van der Waals surface area contributed by atoms with Gasteiger partial charge in [-0.05, 0) is 43.4 Å². The monoisotopic (exact) mass is 196 g/mol. The largest absolute Gasteiger partial charge is 0.461 e. The van der Waals surface area contributed by atoms with E-state index in [1.807, 2.05) is 0 Å². The predicted molar refractivity (Wildman–Crippen MR) is 54.8 cm³/mol. The van der Waals surface area contributed by atoms with Gasteiger partial charge in [0.2, 0.25) is 0 Å². The van der Waals surface area contributed by atoms with E-state index in [1.165, 1.54) is 25.7 Å². The fourth-order valence-electron chi connectivity index (χ4n) is 2.77. The summed E-state index contributed by atoms with van der Waals surface area (Å²) in [6, 6.07) is 0. The Bertz CT molecular complexity index is 206. The molecule has 1 atom stereocenters. The number of hydrogen-bond acceptors (Lipinski definition) is 2. The average Bonchev–Trinajstić information content (AvgIpc) is 2.13. The van der Waals surface area contributed by atoms with E-state index in [1.54, 1.807) is 0 Å². The molecule has 2 fully saturated rings. The van der Waals surface area contributed by atoms with Gasteiger partial charge in [-0.25, -0.2) is 0 Å². The van der Waals surface area contributed by atoms with Gasteiger partial charge in [0.15, 0.2) is 0 Å². The van der Waals surface area contributed by atoms with E-state index in [-0.39, 0.29) is 12.1 Å². The number of hydrogen-bond donors (Lipinski definition) is 0. The van der Waals surface area contributed by atoms with Crippen molar-refractivity contribution in [2.45, 2.75) is 52.1 Å². The molecule has 2 rings (SSSR count). The number of cyclic esters (lactones) is 1. The predicted octanol–water partition coefficient (Wildman–Crippen LogP) is 2.76. The lowest BCUT2D eigenvalue weighted by Gasteiger charge is -2.38. The highest BCUT2D eigenvalue weighted by molar-refractivity contribution is 5.75. The summed E-state index contributed by atoms with van der Waals surface area (Å²) in [5.74, 6) is 2.39. The number of rotatable bonds is 2. The minimum Gasteiger partial charge on any atom is -0.461 e. The second-order valence-electron chi connectivity index (χ2n) is 5.15. The summed E-state index contributed by atoms with van der Waals surface area (Å²) in [5.41, 5.74) is 0. The van der Waals surface area contributed by atoms with Gasteiger partial charge in [-0.1, -0.05) is 13.8 Å². The molecular formula is C12H20O2. The molecule has 2 nitrogen and oxygen atoms in total. The van der Waals surface area contributed by atoms with E-state index in [4.69, 9.17) is 4.74 Å². The van der Waals surface area contributed by atoms with Crippen molar-refractivity contribution in [1.29, 1.82) is 0 Å². The van der Waals surface area contributed by atoms with Crippen molar-refractivity contribution in [3.63, 3.8) is 0 Å². The summed E-state index contributed by atoms with van der Waals surface area (Å²) in [4.78, 5) is 10.7. The topological polar surface area (TPSA) is 26.3 Å². The second-order valence-corrected chi connectivity index (χ2v) is 5.15. The molecule has 0 aromatic heterocycles. The Morgan fingerprint density at radius 2 is 1.79 bits per heavy atom. The van der Waals surface area contributed by atoms with E-state index in [0.717, 1.165) is 11.8 Å². The third-order valence-corrected chi connectivity index (χ3v) is 3.94. The molecule has 1 heterocycles. The molecule has 2 aliphatic rings. The first kappa shape index (κ1) is 10.0. The van der Waals surface area contributed by atoms with Crippen LogP contribution >= 0.6 is 0 Å². The zero-order valence-electron chi connectivity index (χ0n) is 9.16. The maximum absolute atomic E-state index is 10.7. The van der Waals surface area contributed by atoms with E-state index >= 15 is 0 Å². The van der Waals surface area contributed by atoms with E-state index < -0.39 is 0 Å². The minimum atomic E-state index is 0.000910. The molecule has 0 N–H and O–H groups in total. The molecule has 0 bridgehead atoms. The Morgan fingerprint density at radius 3 is 2.21 bits per heavy atom. The van der Waals surface area contributed by atoms with Crippen molar-refractivity contribution in [3.05, 3.63) is 0 Å². The molecule has 0 spiro atoms. The average molecular weight is 196 g/mol.